The summed E-state index contributed by atoms with van der Waals surface area (Å²) in [6, 6.07) is 73.9. The van der Waals surface area contributed by atoms with Gasteiger partial charge >= 0.3 is 0 Å². The van der Waals surface area contributed by atoms with Crippen molar-refractivity contribution in [2.75, 3.05) is 4.90 Å². The molecule has 10 aromatic rings. The van der Waals surface area contributed by atoms with E-state index in [0.717, 1.165) is 39.0 Å². The van der Waals surface area contributed by atoms with Gasteiger partial charge in [0.05, 0.1) is 5.41 Å². The molecule has 2 heteroatoms. The minimum atomic E-state index is -0.569. The van der Waals surface area contributed by atoms with Crippen molar-refractivity contribution in [2.24, 2.45) is 0 Å². The SMILES string of the molecule is CC1(C)c2ccccc2-c2ccc(N(c3ccc4c(c3)C(c3ccccc3)(c3ccccc3)c3c-4ccc4ccccc34)c3ccc4c(c3)oc3ccccc34)cc21. The first-order valence-corrected chi connectivity index (χ1v) is 20.3. The number of rotatable bonds is 5. The van der Waals surface area contributed by atoms with Gasteiger partial charge in [-0.2, -0.15) is 0 Å². The second kappa shape index (κ2) is 12.2. The molecule has 0 bridgehead atoms. The van der Waals surface area contributed by atoms with Crippen LogP contribution in [0.4, 0.5) is 17.1 Å². The molecule has 58 heavy (non-hydrogen) atoms. The molecule has 0 fully saturated rings. The minimum Gasteiger partial charge on any atom is -0.456 e. The van der Waals surface area contributed by atoms with Crippen LogP contribution < -0.4 is 4.90 Å². The number of nitrogens with zero attached hydrogens (tertiary/aromatic N) is 1. The van der Waals surface area contributed by atoms with E-state index in [1.165, 1.54) is 66.4 Å². The van der Waals surface area contributed by atoms with E-state index >= 15 is 0 Å². The van der Waals surface area contributed by atoms with E-state index in [1.54, 1.807) is 0 Å². The molecule has 1 aromatic heterocycles. The van der Waals surface area contributed by atoms with Crippen molar-refractivity contribution in [1.29, 1.82) is 0 Å². The Morgan fingerprint density at radius 1 is 0.379 bits per heavy atom. The molecule has 0 atom stereocenters. The first-order valence-electron chi connectivity index (χ1n) is 20.3. The van der Waals surface area contributed by atoms with Crippen LogP contribution in [-0.4, -0.2) is 0 Å². The van der Waals surface area contributed by atoms with Crippen molar-refractivity contribution in [3.8, 4) is 22.3 Å². The first-order chi connectivity index (χ1) is 28.5. The van der Waals surface area contributed by atoms with Crippen LogP contribution in [0.5, 0.6) is 0 Å². The molecule has 0 saturated carbocycles. The molecule has 0 radical (unpaired) electrons. The molecular formula is C56H39NO. The van der Waals surface area contributed by atoms with E-state index in [-0.39, 0.29) is 5.41 Å². The predicted octanol–water partition coefficient (Wildman–Crippen LogP) is 14.9. The molecule has 2 aliphatic rings. The fourth-order valence-corrected chi connectivity index (χ4v) is 10.5. The maximum Gasteiger partial charge on any atom is 0.137 e. The van der Waals surface area contributed by atoms with Crippen LogP contribution in [-0.2, 0) is 10.8 Å². The second-order valence-electron chi connectivity index (χ2n) is 16.4. The average molecular weight is 742 g/mol. The van der Waals surface area contributed by atoms with E-state index in [4.69, 9.17) is 4.42 Å². The number of para-hydroxylation sites is 1. The molecule has 0 spiro atoms. The third-order valence-corrected chi connectivity index (χ3v) is 13.1. The lowest BCUT2D eigenvalue weighted by Gasteiger charge is -2.35. The molecule has 0 saturated heterocycles. The summed E-state index contributed by atoms with van der Waals surface area (Å²) in [4.78, 5) is 2.44. The average Bonchev–Trinajstić information content (AvgIpc) is 3.88. The van der Waals surface area contributed by atoms with Gasteiger partial charge in [-0.15, -0.1) is 0 Å². The summed E-state index contributed by atoms with van der Waals surface area (Å²) in [5.74, 6) is 0. The van der Waals surface area contributed by atoms with Gasteiger partial charge in [-0.1, -0.05) is 166 Å². The van der Waals surface area contributed by atoms with Crippen LogP contribution in [0, 0.1) is 0 Å². The number of hydrogen-bond donors (Lipinski definition) is 0. The van der Waals surface area contributed by atoms with Gasteiger partial charge in [-0.25, -0.2) is 0 Å². The molecule has 274 valence electrons. The monoisotopic (exact) mass is 741 g/mol. The standard InChI is InChI=1S/C56H39NO/c1-55(2)49-23-13-11-21-43(49)44-30-26-39(33-50(44)55)57(41-28-32-47-46-22-12-14-24-52(46)58-53(47)35-41)40-27-31-45-48-29-25-36-15-9-10-20-42(36)54(48)56(51(45)34-40,37-16-5-3-6-17-37)38-18-7-4-8-19-38/h3-35H,1-2H3. The van der Waals surface area contributed by atoms with Crippen molar-refractivity contribution < 1.29 is 4.42 Å². The number of hydrogen-bond acceptors (Lipinski definition) is 2. The molecule has 1 heterocycles. The Balaban J connectivity index is 1.15. The summed E-state index contributed by atoms with van der Waals surface area (Å²) < 4.78 is 6.54. The van der Waals surface area contributed by atoms with Crippen molar-refractivity contribution in [1.82, 2.24) is 0 Å². The summed E-state index contributed by atoms with van der Waals surface area (Å²) in [7, 11) is 0. The van der Waals surface area contributed by atoms with Crippen molar-refractivity contribution in [3.05, 3.63) is 234 Å². The number of furan rings is 1. The maximum absolute atomic E-state index is 6.54. The molecule has 12 rings (SSSR count). The number of fused-ring (bicyclic) bond motifs is 11. The van der Waals surface area contributed by atoms with Gasteiger partial charge in [0.15, 0.2) is 0 Å². The highest BCUT2D eigenvalue weighted by molar-refractivity contribution is 6.06. The topological polar surface area (TPSA) is 16.4 Å². The molecule has 0 aliphatic heterocycles. The van der Waals surface area contributed by atoms with Gasteiger partial charge in [0.2, 0.25) is 0 Å². The highest BCUT2D eigenvalue weighted by atomic mass is 16.3. The Morgan fingerprint density at radius 2 is 0.914 bits per heavy atom. The van der Waals surface area contributed by atoms with Gasteiger partial charge in [0.25, 0.3) is 0 Å². The highest BCUT2D eigenvalue weighted by Gasteiger charge is 2.47. The zero-order valence-corrected chi connectivity index (χ0v) is 32.4. The molecule has 2 aliphatic carbocycles. The van der Waals surface area contributed by atoms with Gasteiger partial charge in [0.1, 0.15) is 11.2 Å². The van der Waals surface area contributed by atoms with E-state index in [1.807, 2.05) is 6.07 Å². The Labute approximate surface area is 338 Å². The molecule has 0 N–H and O–H groups in total. The van der Waals surface area contributed by atoms with Crippen LogP contribution >= 0.6 is 0 Å². The third kappa shape index (κ3) is 4.49. The van der Waals surface area contributed by atoms with E-state index in [0.29, 0.717) is 0 Å². The Bertz CT molecular complexity index is 3220. The zero-order chi connectivity index (χ0) is 38.6. The summed E-state index contributed by atoms with van der Waals surface area (Å²) in [5.41, 5.74) is 17.3. The van der Waals surface area contributed by atoms with Crippen molar-refractivity contribution in [3.63, 3.8) is 0 Å². The van der Waals surface area contributed by atoms with Crippen LogP contribution in [0.2, 0.25) is 0 Å². The Morgan fingerprint density at radius 3 is 1.67 bits per heavy atom. The second-order valence-corrected chi connectivity index (χ2v) is 16.4. The van der Waals surface area contributed by atoms with E-state index in [9.17, 15) is 0 Å². The van der Waals surface area contributed by atoms with Crippen molar-refractivity contribution >= 4 is 49.8 Å². The zero-order valence-electron chi connectivity index (χ0n) is 32.4. The lowest BCUT2D eigenvalue weighted by Crippen LogP contribution is -2.29. The molecular weight excluding hydrogens is 703 g/mol. The lowest BCUT2D eigenvalue weighted by molar-refractivity contribution is 0.660. The highest BCUT2D eigenvalue weighted by Crippen LogP contribution is 2.59. The van der Waals surface area contributed by atoms with Crippen molar-refractivity contribution in [2.45, 2.75) is 24.7 Å². The van der Waals surface area contributed by atoms with E-state index in [2.05, 4.69) is 213 Å². The quantitative estimate of drug-likeness (QED) is 0.175. The fraction of sp³-hybridized carbons (Fsp3) is 0.0714. The molecule has 0 unspecified atom stereocenters. The molecule has 2 nitrogen and oxygen atoms in total. The van der Waals surface area contributed by atoms with Crippen LogP contribution in [0.1, 0.15) is 47.2 Å². The normalized spacial score (nSPS) is 14.3. The van der Waals surface area contributed by atoms with Gasteiger partial charge < -0.3 is 9.32 Å². The summed E-state index contributed by atoms with van der Waals surface area (Å²) in [5, 5.41) is 4.77. The number of anilines is 3. The fourth-order valence-electron chi connectivity index (χ4n) is 10.5. The largest absolute Gasteiger partial charge is 0.456 e. The number of benzene rings is 9. The molecule has 0 amide bonds. The molecule has 9 aromatic carbocycles. The summed E-state index contributed by atoms with van der Waals surface area (Å²) in [6.07, 6.45) is 0. The van der Waals surface area contributed by atoms with E-state index < -0.39 is 5.41 Å². The van der Waals surface area contributed by atoms with Gasteiger partial charge in [-0.3, -0.25) is 0 Å². The summed E-state index contributed by atoms with van der Waals surface area (Å²) >= 11 is 0. The van der Waals surface area contributed by atoms with Crippen LogP contribution in [0.3, 0.4) is 0 Å². The Kier molecular flexibility index (Phi) is 6.93. The minimum absolute atomic E-state index is 0.146. The van der Waals surface area contributed by atoms with Gasteiger partial charge in [-0.05, 0) is 109 Å². The Hall–Kier alpha value is -7.16. The van der Waals surface area contributed by atoms with Crippen LogP contribution in [0.25, 0.3) is 55.0 Å². The first kappa shape index (κ1) is 33.0. The van der Waals surface area contributed by atoms with Crippen LogP contribution in [0.15, 0.2) is 205 Å². The summed E-state index contributed by atoms with van der Waals surface area (Å²) in [6.45, 7) is 4.72. The maximum atomic E-state index is 6.54. The lowest BCUT2D eigenvalue weighted by atomic mass is 9.66. The van der Waals surface area contributed by atoms with Gasteiger partial charge in [0, 0.05) is 39.3 Å². The predicted molar refractivity (Wildman–Crippen MR) is 241 cm³/mol. The third-order valence-electron chi connectivity index (χ3n) is 13.1. The smallest absolute Gasteiger partial charge is 0.137 e.